The second-order valence-electron chi connectivity index (χ2n) is 8.80. The van der Waals surface area contributed by atoms with Crippen LogP contribution in [0.1, 0.15) is 24.0 Å². The molecule has 2 aliphatic rings. The van der Waals surface area contributed by atoms with Crippen molar-refractivity contribution in [2.75, 3.05) is 6.54 Å². The Morgan fingerprint density at radius 2 is 1.87 bits per heavy atom. The zero-order chi connectivity index (χ0) is 26.5. The van der Waals surface area contributed by atoms with Gasteiger partial charge in [0.25, 0.3) is 11.1 Å². The summed E-state index contributed by atoms with van der Waals surface area (Å²) in [5.41, 5.74) is 1.82. The van der Waals surface area contributed by atoms with E-state index < -0.39 is 12.0 Å². The third-order valence-electron chi connectivity index (χ3n) is 6.17. The van der Waals surface area contributed by atoms with Crippen LogP contribution in [-0.2, 0) is 11.2 Å². The van der Waals surface area contributed by atoms with Crippen molar-refractivity contribution < 1.29 is 29.0 Å². The molecule has 2 unspecified atom stereocenters. The fourth-order valence-electron chi connectivity index (χ4n) is 4.39. The minimum Gasteiger partial charge on any atom is -0.474 e. The van der Waals surface area contributed by atoms with Gasteiger partial charge in [0.15, 0.2) is 0 Å². The number of rotatable bonds is 7. The number of piperidine rings is 1. The van der Waals surface area contributed by atoms with Crippen molar-refractivity contribution in [1.29, 1.82) is 0 Å². The van der Waals surface area contributed by atoms with Gasteiger partial charge in [0.05, 0.1) is 11.0 Å². The molecule has 0 bridgehead atoms. The molecular formula is C27H24N4O6S. The average Bonchev–Trinajstić information content (AvgIpc) is 3.22. The molecule has 3 aromatic rings. The van der Waals surface area contributed by atoms with Gasteiger partial charge >= 0.3 is 6.09 Å². The minimum atomic E-state index is -0.928. The zero-order valence-electron chi connectivity index (χ0n) is 20.1. The van der Waals surface area contributed by atoms with E-state index in [1.165, 1.54) is 11.2 Å². The Labute approximate surface area is 222 Å². The van der Waals surface area contributed by atoms with Crippen molar-refractivity contribution in [3.63, 3.8) is 0 Å². The van der Waals surface area contributed by atoms with Gasteiger partial charge in [-0.15, -0.1) is 0 Å². The smallest absolute Gasteiger partial charge is 0.407 e. The van der Waals surface area contributed by atoms with Gasteiger partial charge in [-0.3, -0.25) is 14.9 Å². The summed E-state index contributed by atoms with van der Waals surface area (Å²) < 4.78 is 12.0. The van der Waals surface area contributed by atoms with Crippen molar-refractivity contribution in [2.24, 2.45) is 0 Å². The number of aromatic nitrogens is 2. The molecule has 2 atom stereocenters. The lowest BCUT2D eigenvalue weighted by Gasteiger charge is -2.37. The first-order valence-electron chi connectivity index (χ1n) is 12.0. The summed E-state index contributed by atoms with van der Waals surface area (Å²) in [6.07, 6.45) is 3.56. The van der Waals surface area contributed by atoms with Crippen LogP contribution in [0.15, 0.2) is 71.9 Å². The fourth-order valence-corrected chi connectivity index (χ4v) is 5.07. The van der Waals surface area contributed by atoms with Gasteiger partial charge in [0.1, 0.15) is 18.2 Å². The van der Waals surface area contributed by atoms with Crippen LogP contribution in [0.2, 0.25) is 0 Å². The van der Waals surface area contributed by atoms with Crippen molar-refractivity contribution >= 4 is 35.1 Å². The monoisotopic (exact) mass is 532 g/mol. The number of benzene rings is 2. The molecule has 2 aromatic carbocycles. The van der Waals surface area contributed by atoms with Crippen molar-refractivity contribution in [2.45, 2.75) is 31.4 Å². The third-order valence-corrected chi connectivity index (χ3v) is 6.98. The van der Waals surface area contributed by atoms with E-state index >= 15 is 0 Å². The number of hydrogen-bond acceptors (Lipinski definition) is 8. The Morgan fingerprint density at radius 3 is 2.58 bits per heavy atom. The average molecular weight is 533 g/mol. The van der Waals surface area contributed by atoms with E-state index in [9.17, 15) is 19.5 Å². The Hall–Kier alpha value is -4.38. The number of imide groups is 1. The highest BCUT2D eigenvalue weighted by molar-refractivity contribution is 8.18. The standard InChI is InChI=1S/C27H24N4O6S/c32-25-22(38-26(33)30-25)13-18-6-8-20(9-7-18)36-23-15-24(29-16-28-23)37-21-10-11-31(27(34)35)19(14-21)12-17-4-2-1-3-5-17/h1-9,13,15-16,19,21H,10-12,14H2,(H,34,35)(H,30,32,33)/b22-13-. The van der Waals surface area contributed by atoms with E-state index in [0.29, 0.717) is 48.2 Å². The van der Waals surface area contributed by atoms with Crippen LogP contribution in [0.3, 0.4) is 0 Å². The topological polar surface area (TPSA) is 131 Å². The molecule has 2 saturated heterocycles. The molecule has 0 radical (unpaired) electrons. The Balaban J connectivity index is 1.21. The van der Waals surface area contributed by atoms with E-state index in [-0.39, 0.29) is 17.4 Å². The van der Waals surface area contributed by atoms with Gasteiger partial charge in [-0.1, -0.05) is 42.5 Å². The molecule has 0 aliphatic carbocycles. The first-order chi connectivity index (χ1) is 18.4. The van der Waals surface area contributed by atoms with E-state index in [1.807, 2.05) is 30.3 Å². The van der Waals surface area contributed by atoms with Gasteiger partial charge in [-0.2, -0.15) is 0 Å². The van der Waals surface area contributed by atoms with Crippen LogP contribution in [-0.4, -0.2) is 55.9 Å². The Kier molecular flexibility index (Phi) is 7.55. The van der Waals surface area contributed by atoms with Crippen LogP contribution >= 0.6 is 11.8 Å². The lowest BCUT2D eigenvalue weighted by Crippen LogP contribution is -2.49. The first-order valence-corrected chi connectivity index (χ1v) is 12.8. The summed E-state index contributed by atoms with van der Waals surface area (Å²) in [7, 11) is 0. The number of amides is 3. The largest absolute Gasteiger partial charge is 0.474 e. The summed E-state index contributed by atoms with van der Waals surface area (Å²) >= 11 is 0.861. The molecule has 1 aromatic heterocycles. The van der Waals surface area contributed by atoms with Crippen LogP contribution in [0, 0.1) is 0 Å². The van der Waals surface area contributed by atoms with Crippen molar-refractivity contribution in [1.82, 2.24) is 20.2 Å². The maximum atomic E-state index is 11.8. The SMILES string of the molecule is O=C1NC(=O)/C(=C/c2ccc(Oc3cc(OC4CCN(C(=O)O)C(Cc5ccccc5)C4)ncn3)cc2)S1. The van der Waals surface area contributed by atoms with Gasteiger partial charge in [-0.05, 0) is 47.5 Å². The summed E-state index contributed by atoms with van der Waals surface area (Å²) in [5.74, 6) is 0.752. The molecule has 2 N–H and O–H groups in total. The zero-order valence-corrected chi connectivity index (χ0v) is 21.0. The second-order valence-corrected chi connectivity index (χ2v) is 9.82. The second kappa shape index (κ2) is 11.3. The van der Waals surface area contributed by atoms with Gasteiger partial charge < -0.3 is 19.5 Å². The van der Waals surface area contributed by atoms with E-state index in [2.05, 4.69) is 15.3 Å². The number of hydrogen-bond donors (Lipinski definition) is 2. The summed E-state index contributed by atoms with van der Waals surface area (Å²) in [6, 6.07) is 18.2. The third kappa shape index (κ3) is 6.30. The van der Waals surface area contributed by atoms with Gasteiger partial charge in [-0.25, -0.2) is 14.8 Å². The summed E-state index contributed by atoms with van der Waals surface area (Å²) in [5, 5.41) is 11.5. The predicted molar refractivity (Wildman–Crippen MR) is 140 cm³/mol. The lowest BCUT2D eigenvalue weighted by molar-refractivity contribution is -0.115. The highest BCUT2D eigenvalue weighted by atomic mass is 32.2. The normalized spacial score (nSPS) is 20.3. The first kappa shape index (κ1) is 25.3. The number of nitrogens with one attached hydrogen (secondary N) is 1. The molecule has 0 saturated carbocycles. The van der Waals surface area contributed by atoms with Crippen molar-refractivity contribution in [3.8, 4) is 17.5 Å². The number of thioether (sulfide) groups is 1. The van der Waals surface area contributed by atoms with E-state index in [4.69, 9.17) is 9.47 Å². The Morgan fingerprint density at radius 1 is 1.11 bits per heavy atom. The van der Waals surface area contributed by atoms with Crippen LogP contribution in [0.5, 0.6) is 17.5 Å². The Bertz CT molecular complexity index is 1370. The quantitative estimate of drug-likeness (QED) is 0.415. The lowest BCUT2D eigenvalue weighted by atomic mass is 9.94. The van der Waals surface area contributed by atoms with Crippen LogP contribution in [0.25, 0.3) is 6.08 Å². The molecule has 0 spiro atoms. The summed E-state index contributed by atoms with van der Waals surface area (Å²) in [4.78, 5) is 45.0. The van der Waals surface area contributed by atoms with Gasteiger partial charge in [0.2, 0.25) is 11.8 Å². The number of nitrogens with zero attached hydrogens (tertiary/aromatic N) is 3. The maximum Gasteiger partial charge on any atom is 0.407 e. The molecule has 2 fully saturated rings. The van der Waals surface area contributed by atoms with Crippen LogP contribution in [0.4, 0.5) is 9.59 Å². The number of carbonyl (C=O) groups is 3. The molecule has 3 amide bonds. The number of carboxylic acid groups (broad SMARTS) is 1. The predicted octanol–water partition coefficient (Wildman–Crippen LogP) is 4.73. The summed E-state index contributed by atoms with van der Waals surface area (Å²) in [6.45, 7) is 0.378. The van der Waals surface area contributed by atoms with E-state index in [0.717, 1.165) is 22.9 Å². The molecule has 3 heterocycles. The van der Waals surface area contributed by atoms with E-state index in [1.54, 1.807) is 36.4 Å². The fraction of sp³-hybridized carbons (Fsp3) is 0.222. The molecule has 194 valence electrons. The molecular weight excluding hydrogens is 508 g/mol. The van der Waals surface area contributed by atoms with Crippen molar-refractivity contribution in [3.05, 3.63) is 83.0 Å². The van der Waals surface area contributed by atoms with Crippen LogP contribution < -0.4 is 14.8 Å². The number of likely N-dealkylation sites (tertiary alicyclic amines) is 1. The maximum absolute atomic E-state index is 11.8. The highest BCUT2D eigenvalue weighted by Crippen LogP contribution is 2.29. The number of ether oxygens (including phenoxy) is 2. The molecule has 38 heavy (non-hydrogen) atoms. The minimum absolute atomic E-state index is 0.202. The van der Waals surface area contributed by atoms with Gasteiger partial charge in [0, 0.05) is 25.4 Å². The molecule has 2 aliphatic heterocycles. The molecule has 5 rings (SSSR count). The molecule has 10 nitrogen and oxygen atoms in total. The number of carbonyl (C=O) groups excluding carboxylic acids is 2. The molecule has 11 heteroatoms. The highest BCUT2D eigenvalue weighted by Gasteiger charge is 2.33.